The first kappa shape index (κ1) is 18.5. The molecule has 2 saturated heterocycles. The van der Waals surface area contributed by atoms with Crippen molar-refractivity contribution in [2.24, 2.45) is 0 Å². The molecule has 1 N–H and O–H groups in total. The van der Waals surface area contributed by atoms with E-state index >= 15 is 0 Å². The van der Waals surface area contributed by atoms with Gasteiger partial charge in [-0.15, -0.1) is 0 Å². The van der Waals surface area contributed by atoms with E-state index in [1.807, 2.05) is 48.8 Å². The summed E-state index contributed by atoms with van der Waals surface area (Å²) in [5, 5.41) is 0. The molecule has 0 spiro atoms. The molecule has 1 amide bonds. The normalized spacial score (nSPS) is 26.0. The maximum absolute atomic E-state index is 12.3. The van der Waals surface area contributed by atoms with Crippen molar-refractivity contribution in [3.05, 3.63) is 35.9 Å². The van der Waals surface area contributed by atoms with Gasteiger partial charge in [0.05, 0.1) is 0 Å². The number of benzene rings is 1. The molecule has 2 heterocycles. The molecule has 2 aliphatic heterocycles. The Morgan fingerprint density at radius 1 is 1.20 bits per heavy atom. The zero-order valence-corrected chi connectivity index (χ0v) is 15.8. The Hall–Kier alpha value is -1.24. The van der Waals surface area contributed by atoms with E-state index in [0.717, 1.165) is 12.0 Å². The second-order valence-corrected chi connectivity index (χ2v) is 8.42. The summed E-state index contributed by atoms with van der Waals surface area (Å²) in [5.41, 5.74) is 0.966. The molecule has 2 aliphatic rings. The molecule has 0 saturated carbocycles. The SMILES string of the molecule is CCO[PH](O)(OCC)N1C2CCN(C(=O)OCc3ccccc3)CC21. The monoisotopic (exact) mass is 370 g/mol. The van der Waals surface area contributed by atoms with E-state index in [1.54, 1.807) is 4.90 Å². The maximum atomic E-state index is 12.3. The number of likely N-dealkylation sites (tertiary alicyclic amines) is 1. The number of amides is 1. The third-order valence-corrected chi connectivity index (χ3v) is 7.27. The van der Waals surface area contributed by atoms with E-state index in [4.69, 9.17) is 13.8 Å². The van der Waals surface area contributed by atoms with Crippen molar-refractivity contribution in [2.75, 3.05) is 26.3 Å². The van der Waals surface area contributed by atoms with Crippen LogP contribution in [0.4, 0.5) is 4.79 Å². The van der Waals surface area contributed by atoms with Crippen molar-refractivity contribution >= 4 is 14.2 Å². The van der Waals surface area contributed by atoms with Crippen molar-refractivity contribution in [1.29, 1.82) is 0 Å². The fraction of sp³-hybridized carbons (Fsp3) is 0.588. The Morgan fingerprint density at radius 2 is 1.88 bits per heavy atom. The fourth-order valence-corrected chi connectivity index (χ4v) is 5.90. The zero-order valence-electron chi connectivity index (χ0n) is 14.8. The summed E-state index contributed by atoms with van der Waals surface area (Å²) in [5.74, 6) is 0. The third-order valence-electron chi connectivity index (χ3n) is 4.63. The summed E-state index contributed by atoms with van der Waals surface area (Å²) in [4.78, 5) is 24.8. The van der Waals surface area contributed by atoms with E-state index in [9.17, 15) is 9.69 Å². The van der Waals surface area contributed by atoms with E-state index in [1.165, 1.54) is 0 Å². The topological polar surface area (TPSA) is 71.2 Å². The van der Waals surface area contributed by atoms with Crippen LogP contribution < -0.4 is 0 Å². The first-order valence-electron chi connectivity index (χ1n) is 8.83. The minimum absolute atomic E-state index is 0.0905. The van der Waals surface area contributed by atoms with E-state index < -0.39 is 8.09 Å². The fourth-order valence-electron chi connectivity index (χ4n) is 3.44. The summed E-state index contributed by atoms with van der Waals surface area (Å²) < 4.78 is 18.4. The molecule has 0 radical (unpaired) electrons. The number of rotatable bonds is 7. The van der Waals surface area contributed by atoms with Gasteiger partial charge < -0.3 is 0 Å². The second kappa shape index (κ2) is 7.98. The van der Waals surface area contributed by atoms with Crippen LogP contribution >= 0.6 is 8.09 Å². The molecule has 140 valence electrons. The molecule has 25 heavy (non-hydrogen) atoms. The number of hydrogen-bond donors (Lipinski definition) is 1. The Labute approximate surface area is 149 Å². The van der Waals surface area contributed by atoms with E-state index in [2.05, 4.69) is 0 Å². The van der Waals surface area contributed by atoms with Gasteiger partial charge in [-0.05, 0) is 0 Å². The van der Waals surface area contributed by atoms with Crippen LogP contribution in [0.5, 0.6) is 0 Å². The van der Waals surface area contributed by atoms with E-state index in [-0.39, 0.29) is 24.8 Å². The standard InChI is InChI=1S/C17H27N2O5P/c1-3-23-25(21,24-4-2)19-15-10-11-18(12-16(15)19)17(20)22-13-14-8-6-5-7-9-14/h5-9,15-16,21,25H,3-4,10-13H2,1-2H3. The van der Waals surface area contributed by atoms with Gasteiger partial charge in [-0.25, -0.2) is 0 Å². The second-order valence-electron chi connectivity index (χ2n) is 6.23. The van der Waals surface area contributed by atoms with Gasteiger partial charge in [0.25, 0.3) is 0 Å². The zero-order chi connectivity index (χ0) is 17.9. The molecule has 3 atom stereocenters. The van der Waals surface area contributed by atoms with E-state index in [0.29, 0.717) is 26.3 Å². The molecular weight excluding hydrogens is 343 g/mol. The van der Waals surface area contributed by atoms with Crippen LogP contribution in [-0.2, 0) is 20.4 Å². The molecule has 3 rings (SSSR count). The summed E-state index contributed by atoms with van der Waals surface area (Å²) in [6.07, 6.45) is 0.479. The van der Waals surface area contributed by atoms with Crippen LogP contribution in [0.3, 0.4) is 0 Å². The van der Waals surface area contributed by atoms with Crippen molar-refractivity contribution < 1.29 is 23.5 Å². The molecule has 0 aliphatic carbocycles. The third kappa shape index (κ3) is 4.13. The predicted molar refractivity (Wildman–Crippen MR) is 96.0 cm³/mol. The number of fused-ring (bicyclic) bond motifs is 1. The molecule has 0 bridgehead atoms. The van der Waals surface area contributed by atoms with Crippen LogP contribution in [0.2, 0.25) is 0 Å². The Morgan fingerprint density at radius 3 is 2.52 bits per heavy atom. The van der Waals surface area contributed by atoms with Crippen LogP contribution in [0.25, 0.3) is 0 Å². The van der Waals surface area contributed by atoms with Gasteiger partial charge in [-0.3, -0.25) is 0 Å². The van der Waals surface area contributed by atoms with Crippen LogP contribution in [-0.4, -0.2) is 58.9 Å². The van der Waals surface area contributed by atoms with Crippen molar-refractivity contribution in [3.8, 4) is 0 Å². The van der Waals surface area contributed by atoms with Crippen LogP contribution in [0, 0.1) is 0 Å². The molecule has 1 aromatic carbocycles. The predicted octanol–water partition coefficient (Wildman–Crippen LogP) is 2.56. The Balaban J connectivity index is 1.53. The molecule has 2 fully saturated rings. The molecule has 3 unspecified atom stereocenters. The van der Waals surface area contributed by atoms with Gasteiger partial charge in [0.15, 0.2) is 0 Å². The van der Waals surface area contributed by atoms with Crippen LogP contribution in [0.15, 0.2) is 30.3 Å². The average molecular weight is 370 g/mol. The number of carbonyl (C=O) groups is 1. The molecule has 0 aromatic heterocycles. The molecule has 7 nitrogen and oxygen atoms in total. The molecule has 8 heteroatoms. The van der Waals surface area contributed by atoms with Gasteiger partial charge in [-0.2, -0.15) is 0 Å². The van der Waals surface area contributed by atoms with Crippen LogP contribution in [0.1, 0.15) is 25.8 Å². The first-order valence-corrected chi connectivity index (χ1v) is 10.5. The Bertz CT molecular complexity index is 582. The van der Waals surface area contributed by atoms with Crippen molar-refractivity contribution in [2.45, 2.75) is 39.0 Å². The Kier molecular flexibility index (Phi) is 5.92. The summed E-state index contributed by atoms with van der Waals surface area (Å²) in [6, 6.07) is 9.95. The first-order chi connectivity index (χ1) is 12.1. The molecule has 1 aromatic rings. The average Bonchev–Trinajstić information content (AvgIpc) is 3.35. The number of ether oxygens (including phenoxy) is 1. The number of nitrogens with zero attached hydrogens (tertiary/aromatic N) is 2. The van der Waals surface area contributed by atoms with Gasteiger partial charge in [0, 0.05) is 0 Å². The van der Waals surface area contributed by atoms with Gasteiger partial charge in [0.2, 0.25) is 0 Å². The summed E-state index contributed by atoms with van der Waals surface area (Å²) in [7, 11) is -3.32. The number of carbonyl (C=O) groups excluding carboxylic acids is 1. The number of hydrogen-bond acceptors (Lipinski definition) is 6. The van der Waals surface area contributed by atoms with Gasteiger partial charge in [0.1, 0.15) is 0 Å². The minimum atomic E-state index is -3.32. The van der Waals surface area contributed by atoms with Gasteiger partial charge >= 0.3 is 148 Å². The van der Waals surface area contributed by atoms with Gasteiger partial charge in [-0.1, -0.05) is 0 Å². The van der Waals surface area contributed by atoms with Crippen molar-refractivity contribution in [3.63, 3.8) is 0 Å². The number of piperidine rings is 1. The quantitative estimate of drug-likeness (QED) is 0.588. The van der Waals surface area contributed by atoms with Crippen molar-refractivity contribution in [1.82, 2.24) is 9.57 Å². The molecular formula is C17H27N2O5P. The summed E-state index contributed by atoms with van der Waals surface area (Å²) in [6.45, 7) is 5.92. The summed E-state index contributed by atoms with van der Waals surface area (Å²) >= 11 is 0.